The number of carbonyl (C=O) groups excluding carboxylic acids is 2. The molecule has 2 rings (SSSR count). The van der Waals surface area contributed by atoms with E-state index in [-0.39, 0.29) is 29.1 Å². The lowest BCUT2D eigenvalue weighted by molar-refractivity contribution is -0.912. The third-order valence-corrected chi connectivity index (χ3v) is 10.0. The number of quaternary nitrogens is 1. The van der Waals surface area contributed by atoms with Gasteiger partial charge in [-0.1, -0.05) is 52.7 Å². The second-order valence-electron chi connectivity index (χ2n) is 12.6. The van der Waals surface area contributed by atoms with E-state index in [1.807, 2.05) is 6.92 Å². The Kier molecular flexibility index (Phi) is 13.1. The smallest absolute Gasteiger partial charge is 0.294 e. The molecule has 1 amide bonds. The van der Waals surface area contributed by atoms with Gasteiger partial charge in [-0.3, -0.25) is 9.35 Å². The summed E-state index contributed by atoms with van der Waals surface area (Å²) in [5.41, 5.74) is 6.56. The third-order valence-electron chi connectivity index (χ3n) is 9.17. The van der Waals surface area contributed by atoms with Gasteiger partial charge >= 0.3 is 0 Å². The van der Waals surface area contributed by atoms with Gasteiger partial charge in [0.15, 0.2) is 0 Å². The molecule has 6 unspecified atom stereocenters. The van der Waals surface area contributed by atoms with Gasteiger partial charge in [-0.15, -0.1) is 0 Å². The van der Waals surface area contributed by atoms with Gasteiger partial charge in [-0.2, -0.15) is 8.42 Å². The second-order valence-corrected chi connectivity index (χ2v) is 14.0. The third kappa shape index (κ3) is 9.84. The van der Waals surface area contributed by atoms with Gasteiger partial charge in [0.1, 0.15) is 0 Å². The van der Waals surface area contributed by atoms with E-state index in [2.05, 4.69) is 27.8 Å². The summed E-state index contributed by atoms with van der Waals surface area (Å²) >= 11 is 0. The van der Waals surface area contributed by atoms with Crippen molar-refractivity contribution in [3.8, 4) is 0 Å². The molecule has 9 heteroatoms. The maximum absolute atomic E-state index is 12.3. The zero-order valence-electron chi connectivity index (χ0n) is 25.2. The summed E-state index contributed by atoms with van der Waals surface area (Å²) in [7, 11) is -1.97. The zero-order valence-corrected chi connectivity index (χ0v) is 26.0. The number of amides is 1. The molecule has 1 aromatic rings. The Morgan fingerprint density at radius 1 is 1.07 bits per heavy atom. The molecule has 3 N–H and O–H groups in total. The van der Waals surface area contributed by atoms with Crippen LogP contribution in [0.15, 0.2) is 29.2 Å². The van der Waals surface area contributed by atoms with E-state index in [0.29, 0.717) is 12.3 Å². The second kappa shape index (κ2) is 15.3. The lowest BCUT2D eigenvalue weighted by Gasteiger charge is -2.38. The van der Waals surface area contributed by atoms with Crippen molar-refractivity contribution in [1.29, 1.82) is 0 Å². The fourth-order valence-electron chi connectivity index (χ4n) is 7.46. The van der Waals surface area contributed by atoms with Gasteiger partial charge in [0.05, 0.1) is 31.6 Å². The van der Waals surface area contributed by atoms with Gasteiger partial charge in [-0.25, -0.2) is 0 Å². The number of primary amides is 1. The summed E-state index contributed by atoms with van der Waals surface area (Å²) < 4.78 is 33.8. The number of hydrogen-bond donors (Lipinski definition) is 2. The minimum Gasteiger partial charge on any atom is -0.550 e. The lowest BCUT2D eigenvalue weighted by Crippen LogP contribution is -2.48. The molecule has 0 aliphatic heterocycles. The quantitative estimate of drug-likeness (QED) is 0.195. The van der Waals surface area contributed by atoms with Crippen LogP contribution in [0.1, 0.15) is 97.0 Å². The van der Waals surface area contributed by atoms with E-state index in [1.54, 1.807) is 12.1 Å². The van der Waals surface area contributed by atoms with Gasteiger partial charge in [0.25, 0.3) is 10.1 Å². The Hall–Kier alpha value is -1.97. The standard InChI is InChI=1S/C31H52N2O6S/c1-6-16-33(5,17-7-2)21-22(4)18-26(24-12-14-27(15-13-24)40(37,38)39)19-25-10-9-11-28(25)29(31(35)36)20-23(8-3)30(32)34/h12-15,22-23,25-26,28-29H,6-11,16-21H2,1-5H3,(H3-,32,34,35,36,37,38,39). The molecule has 1 fully saturated rings. The number of carboxylic acids is 1. The first kappa shape index (κ1) is 34.2. The Bertz CT molecular complexity index is 1050. The average molecular weight is 581 g/mol. The van der Waals surface area contributed by atoms with Gasteiger partial charge in [0.2, 0.25) is 5.91 Å². The summed E-state index contributed by atoms with van der Waals surface area (Å²) in [5, 5.41) is 12.3. The fourth-order valence-corrected chi connectivity index (χ4v) is 7.94. The first-order chi connectivity index (χ1) is 18.7. The SMILES string of the molecule is CCC[N+](C)(CCC)CC(C)CC(CC1CCCC1C(CC(CC)C(N)=O)C(=O)[O-])c1ccc(S(=O)(=O)O)cc1. The van der Waals surface area contributed by atoms with Crippen LogP contribution in [0.5, 0.6) is 0 Å². The summed E-state index contributed by atoms with van der Waals surface area (Å²) in [6.07, 6.45) is 7.24. The van der Waals surface area contributed by atoms with Crippen molar-refractivity contribution in [1.82, 2.24) is 0 Å². The largest absolute Gasteiger partial charge is 0.550 e. The highest BCUT2D eigenvalue weighted by Crippen LogP contribution is 2.45. The topological polar surface area (TPSA) is 138 Å². The molecule has 1 aliphatic carbocycles. The minimum atomic E-state index is -4.29. The van der Waals surface area contributed by atoms with Crippen molar-refractivity contribution in [2.75, 3.05) is 26.7 Å². The van der Waals surface area contributed by atoms with Crippen molar-refractivity contribution in [2.24, 2.45) is 35.3 Å². The highest BCUT2D eigenvalue weighted by molar-refractivity contribution is 7.85. The molecule has 8 nitrogen and oxygen atoms in total. The zero-order chi connectivity index (χ0) is 30.1. The molecule has 6 atom stereocenters. The predicted octanol–water partition coefficient (Wildman–Crippen LogP) is 4.38. The molecule has 0 bridgehead atoms. The van der Waals surface area contributed by atoms with Crippen molar-refractivity contribution in [3.05, 3.63) is 29.8 Å². The van der Waals surface area contributed by atoms with E-state index in [9.17, 15) is 27.7 Å². The van der Waals surface area contributed by atoms with Crippen LogP contribution in [-0.4, -0.2) is 56.0 Å². The number of nitrogens with zero attached hydrogens (tertiary/aromatic N) is 1. The van der Waals surface area contributed by atoms with Crippen molar-refractivity contribution >= 4 is 22.0 Å². The van der Waals surface area contributed by atoms with Crippen LogP contribution in [0, 0.1) is 29.6 Å². The summed E-state index contributed by atoms with van der Waals surface area (Å²) in [6, 6.07) is 6.47. The highest BCUT2D eigenvalue weighted by atomic mass is 32.2. The van der Waals surface area contributed by atoms with E-state index in [1.165, 1.54) is 12.1 Å². The maximum atomic E-state index is 12.3. The molecule has 0 heterocycles. The number of rotatable bonds is 18. The minimum absolute atomic E-state index is 0.0884. The molecule has 1 aromatic carbocycles. The van der Waals surface area contributed by atoms with E-state index < -0.39 is 33.8 Å². The molecule has 0 spiro atoms. The van der Waals surface area contributed by atoms with Crippen molar-refractivity contribution in [3.63, 3.8) is 0 Å². The maximum Gasteiger partial charge on any atom is 0.294 e. The molecule has 1 saturated carbocycles. The van der Waals surface area contributed by atoms with E-state index in [0.717, 1.165) is 74.6 Å². The average Bonchev–Trinajstić information content (AvgIpc) is 3.31. The van der Waals surface area contributed by atoms with Crippen LogP contribution in [0.25, 0.3) is 0 Å². The van der Waals surface area contributed by atoms with E-state index >= 15 is 0 Å². The molecule has 0 saturated heterocycles. The van der Waals surface area contributed by atoms with Crippen LogP contribution in [0.3, 0.4) is 0 Å². The van der Waals surface area contributed by atoms with Crippen LogP contribution in [0.4, 0.5) is 0 Å². The first-order valence-corrected chi connectivity index (χ1v) is 16.6. The number of carbonyl (C=O) groups is 2. The van der Waals surface area contributed by atoms with Gasteiger partial charge < -0.3 is 20.1 Å². The summed E-state index contributed by atoms with van der Waals surface area (Å²) in [6.45, 7) is 11.8. The van der Waals surface area contributed by atoms with Crippen molar-refractivity contribution in [2.45, 2.75) is 96.3 Å². The van der Waals surface area contributed by atoms with Crippen LogP contribution < -0.4 is 10.8 Å². The van der Waals surface area contributed by atoms with Crippen molar-refractivity contribution < 1.29 is 32.1 Å². The van der Waals surface area contributed by atoms with Crippen LogP contribution in [0.2, 0.25) is 0 Å². The molecule has 40 heavy (non-hydrogen) atoms. The Morgan fingerprint density at radius 2 is 1.68 bits per heavy atom. The predicted molar refractivity (Wildman–Crippen MR) is 156 cm³/mol. The molecule has 0 radical (unpaired) electrons. The number of benzene rings is 1. The van der Waals surface area contributed by atoms with Gasteiger partial charge in [0, 0.05) is 23.7 Å². The van der Waals surface area contributed by atoms with Crippen LogP contribution in [-0.2, 0) is 19.7 Å². The van der Waals surface area contributed by atoms with E-state index in [4.69, 9.17) is 5.73 Å². The molecule has 1 aliphatic rings. The highest BCUT2D eigenvalue weighted by Gasteiger charge is 2.38. The number of carboxylic acid groups (broad SMARTS) is 1. The normalized spacial score (nSPS) is 21.1. The molecular weight excluding hydrogens is 528 g/mol. The Morgan fingerprint density at radius 3 is 2.15 bits per heavy atom. The molecule has 228 valence electrons. The van der Waals surface area contributed by atoms with Crippen LogP contribution >= 0.6 is 0 Å². The van der Waals surface area contributed by atoms with Gasteiger partial charge in [-0.05, 0) is 80.4 Å². The lowest BCUT2D eigenvalue weighted by atomic mass is 9.73. The summed E-state index contributed by atoms with van der Waals surface area (Å²) in [4.78, 5) is 24.1. The molecule has 0 aromatic heterocycles. The Balaban J connectivity index is 2.35. The number of nitrogens with two attached hydrogens (primary N) is 1. The Labute approximate surface area is 242 Å². The monoisotopic (exact) mass is 580 g/mol. The summed E-state index contributed by atoms with van der Waals surface area (Å²) in [5.74, 6) is -2.22. The fraction of sp³-hybridized carbons (Fsp3) is 0.742. The first-order valence-electron chi connectivity index (χ1n) is 15.2. The molecular formula is C31H52N2O6S. The number of hydrogen-bond acceptors (Lipinski definition) is 5. The number of aliphatic carboxylic acids is 1.